The zero-order valence-corrected chi connectivity index (χ0v) is 15.9. The Bertz CT molecular complexity index is 369. The van der Waals surface area contributed by atoms with Gasteiger partial charge < -0.3 is 4.43 Å². The van der Waals surface area contributed by atoms with E-state index in [0.29, 0.717) is 22.5 Å². The minimum Gasteiger partial charge on any atom is -0.404 e. The second-order valence-electron chi connectivity index (χ2n) is 7.60. The van der Waals surface area contributed by atoms with E-state index in [9.17, 15) is 0 Å². The van der Waals surface area contributed by atoms with Crippen molar-refractivity contribution in [1.82, 2.24) is 0 Å². The summed E-state index contributed by atoms with van der Waals surface area (Å²) in [5, 5.41) is 4.22. The minimum atomic E-state index is -2.03. The molecule has 0 aromatic carbocycles. The number of hydrogen-bond donors (Lipinski definition) is 0. The van der Waals surface area contributed by atoms with Gasteiger partial charge in [0.25, 0.3) is 0 Å². The molecule has 0 bridgehead atoms. The molecule has 1 aliphatic carbocycles. The standard InChI is InChI=1S/C16H33N3OSi/c1-12(2)21(13(3)4,14(5)6)20-16(18-19-17)11-9-8-10-15(16)7/h12-15H,8-11H2,1-7H3. The van der Waals surface area contributed by atoms with E-state index in [-0.39, 0.29) is 0 Å². The molecular formula is C16H33N3OSi. The molecule has 2 unspecified atom stereocenters. The molecule has 1 fully saturated rings. The highest BCUT2D eigenvalue weighted by Gasteiger charge is 2.52. The first-order valence-electron chi connectivity index (χ1n) is 8.49. The molecule has 0 N–H and O–H groups in total. The van der Waals surface area contributed by atoms with Crippen molar-refractivity contribution >= 4 is 8.32 Å². The van der Waals surface area contributed by atoms with Crippen LogP contribution in [0.25, 0.3) is 10.4 Å². The predicted molar refractivity (Wildman–Crippen MR) is 91.6 cm³/mol. The molecule has 21 heavy (non-hydrogen) atoms. The molecule has 0 amide bonds. The molecular weight excluding hydrogens is 278 g/mol. The maximum atomic E-state index is 9.11. The van der Waals surface area contributed by atoms with E-state index in [1.165, 1.54) is 6.42 Å². The van der Waals surface area contributed by atoms with Crippen LogP contribution in [-0.4, -0.2) is 14.0 Å². The Morgan fingerprint density at radius 1 is 1.10 bits per heavy atom. The van der Waals surface area contributed by atoms with Gasteiger partial charge in [-0.1, -0.05) is 66.4 Å². The second kappa shape index (κ2) is 7.17. The largest absolute Gasteiger partial charge is 0.404 e. The third-order valence-electron chi connectivity index (χ3n) is 5.47. The summed E-state index contributed by atoms with van der Waals surface area (Å²) >= 11 is 0. The zero-order valence-electron chi connectivity index (χ0n) is 14.9. The van der Waals surface area contributed by atoms with Crippen LogP contribution < -0.4 is 0 Å². The second-order valence-corrected chi connectivity index (χ2v) is 13.0. The van der Waals surface area contributed by atoms with Crippen molar-refractivity contribution in [3.63, 3.8) is 0 Å². The smallest absolute Gasteiger partial charge is 0.201 e. The first-order valence-corrected chi connectivity index (χ1v) is 10.6. The van der Waals surface area contributed by atoms with Gasteiger partial charge in [-0.25, -0.2) is 0 Å². The van der Waals surface area contributed by atoms with Gasteiger partial charge in [0, 0.05) is 4.91 Å². The molecule has 1 rings (SSSR count). The molecule has 0 saturated heterocycles. The summed E-state index contributed by atoms with van der Waals surface area (Å²) in [6, 6.07) is 0. The van der Waals surface area contributed by atoms with Crippen molar-refractivity contribution in [2.45, 2.75) is 96.5 Å². The van der Waals surface area contributed by atoms with E-state index in [0.717, 1.165) is 19.3 Å². The fraction of sp³-hybridized carbons (Fsp3) is 1.00. The Morgan fingerprint density at radius 3 is 2.00 bits per heavy atom. The summed E-state index contributed by atoms with van der Waals surface area (Å²) < 4.78 is 6.92. The van der Waals surface area contributed by atoms with Crippen LogP contribution >= 0.6 is 0 Å². The molecule has 1 aliphatic rings. The molecule has 0 heterocycles. The Hall–Kier alpha value is -0.513. The SMILES string of the molecule is CC1CCCCC1(N=[N+]=[N-])O[Si](C(C)C)(C(C)C)C(C)C. The Kier molecular flexibility index (Phi) is 6.32. The first-order chi connectivity index (χ1) is 9.73. The van der Waals surface area contributed by atoms with E-state index in [4.69, 9.17) is 9.96 Å². The zero-order chi connectivity index (χ0) is 16.3. The Labute approximate surface area is 131 Å². The average Bonchev–Trinajstić information content (AvgIpc) is 2.38. The van der Waals surface area contributed by atoms with Gasteiger partial charge in [-0.2, -0.15) is 0 Å². The van der Waals surface area contributed by atoms with E-state index in [2.05, 4.69) is 58.5 Å². The summed E-state index contributed by atoms with van der Waals surface area (Å²) in [7, 11) is -2.03. The summed E-state index contributed by atoms with van der Waals surface area (Å²) in [4.78, 5) is 3.17. The monoisotopic (exact) mass is 311 g/mol. The van der Waals surface area contributed by atoms with Crippen molar-refractivity contribution in [2.24, 2.45) is 11.0 Å². The van der Waals surface area contributed by atoms with Crippen LogP contribution in [0.5, 0.6) is 0 Å². The third-order valence-corrected chi connectivity index (χ3v) is 11.6. The lowest BCUT2D eigenvalue weighted by Gasteiger charge is -2.51. The number of hydrogen-bond acceptors (Lipinski definition) is 2. The van der Waals surface area contributed by atoms with E-state index in [1.807, 2.05) is 0 Å². The third kappa shape index (κ3) is 3.46. The van der Waals surface area contributed by atoms with Gasteiger partial charge in [-0.05, 0) is 40.9 Å². The molecule has 5 heteroatoms. The molecule has 0 aromatic rings. The van der Waals surface area contributed by atoms with Crippen LogP contribution in [0.2, 0.25) is 16.6 Å². The van der Waals surface area contributed by atoms with Crippen LogP contribution in [0.3, 0.4) is 0 Å². The van der Waals surface area contributed by atoms with Crippen molar-refractivity contribution in [3.8, 4) is 0 Å². The highest BCUT2D eigenvalue weighted by atomic mass is 28.4. The lowest BCUT2D eigenvalue weighted by molar-refractivity contribution is -0.0256. The normalized spacial score (nSPS) is 27.2. The van der Waals surface area contributed by atoms with Gasteiger partial charge >= 0.3 is 0 Å². The molecule has 0 aromatic heterocycles. The van der Waals surface area contributed by atoms with Crippen LogP contribution in [-0.2, 0) is 4.43 Å². The average molecular weight is 312 g/mol. The highest BCUT2D eigenvalue weighted by Crippen LogP contribution is 2.49. The van der Waals surface area contributed by atoms with Crippen molar-refractivity contribution in [1.29, 1.82) is 0 Å². The van der Waals surface area contributed by atoms with Crippen LogP contribution in [0.1, 0.15) is 74.1 Å². The van der Waals surface area contributed by atoms with Gasteiger partial charge in [-0.15, -0.1) is 0 Å². The van der Waals surface area contributed by atoms with Gasteiger partial charge in [0.1, 0.15) is 5.72 Å². The number of nitrogens with zero attached hydrogens (tertiary/aromatic N) is 3. The van der Waals surface area contributed by atoms with Gasteiger partial charge in [0.05, 0.1) is 0 Å². The van der Waals surface area contributed by atoms with Crippen molar-refractivity contribution < 1.29 is 4.43 Å². The minimum absolute atomic E-state index is 0.310. The van der Waals surface area contributed by atoms with Crippen molar-refractivity contribution in [2.75, 3.05) is 0 Å². The summed E-state index contributed by atoms with van der Waals surface area (Å²) in [5.41, 5.74) is 10.0. The van der Waals surface area contributed by atoms with E-state index >= 15 is 0 Å². The molecule has 1 saturated carbocycles. The fourth-order valence-corrected chi connectivity index (χ4v) is 10.0. The lowest BCUT2D eigenvalue weighted by Crippen LogP contribution is -2.56. The Morgan fingerprint density at radius 2 is 1.62 bits per heavy atom. The number of azide groups is 1. The molecule has 0 aliphatic heterocycles. The van der Waals surface area contributed by atoms with E-state index < -0.39 is 14.0 Å². The van der Waals surface area contributed by atoms with Crippen LogP contribution in [0.15, 0.2) is 5.11 Å². The molecule has 122 valence electrons. The van der Waals surface area contributed by atoms with Gasteiger partial charge in [0.2, 0.25) is 8.32 Å². The summed E-state index contributed by atoms with van der Waals surface area (Å²) in [5.74, 6) is 0.310. The lowest BCUT2D eigenvalue weighted by atomic mass is 9.83. The van der Waals surface area contributed by atoms with Crippen LogP contribution in [0, 0.1) is 5.92 Å². The predicted octanol–water partition coefficient (Wildman–Crippen LogP) is 6.40. The maximum Gasteiger partial charge on any atom is 0.201 e. The first kappa shape index (κ1) is 18.5. The van der Waals surface area contributed by atoms with Crippen molar-refractivity contribution in [3.05, 3.63) is 10.4 Å². The molecule has 0 radical (unpaired) electrons. The molecule has 4 nitrogen and oxygen atoms in total. The summed E-state index contributed by atoms with van der Waals surface area (Å²) in [6.07, 6.45) is 4.28. The molecule has 0 spiro atoms. The quantitative estimate of drug-likeness (QED) is 0.242. The molecule has 2 atom stereocenters. The van der Waals surface area contributed by atoms with E-state index in [1.54, 1.807) is 0 Å². The fourth-order valence-electron chi connectivity index (χ4n) is 4.36. The van der Waals surface area contributed by atoms with Gasteiger partial charge in [-0.3, -0.25) is 0 Å². The maximum absolute atomic E-state index is 9.11. The Balaban J connectivity index is 3.28. The van der Waals surface area contributed by atoms with Gasteiger partial charge in [0.15, 0.2) is 0 Å². The highest BCUT2D eigenvalue weighted by molar-refractivity contribution is 6.77. The number of rotatable bonds is 6. The topological polar surface area (TPSA) is 58.0 Å². The van der Waals surface area contributed by atoms with Crippen LogP contribution in [0.4, 0.5) is 0 Å². The summed E-state index contributed by atoms with van der Waals surface area (Å²) in [6.45, 7) is 15.9.